The zero-order valence-electron chi connectivity index (χ0n) is 17.0. The van der Waals surface area contributed by atoms with Gasteiger partial charge in [0.1, 0.15) is 12.0 Å². The fraction of sp³-hybridized carbons (Fsp3) is 0.0370. The molecule has 0 aliphatic carbocycles. The van der Waals surface area contributed by atoms with Gasteiger partial charge in [0.2, 0.25) is 0 Å². The van der Waals surface area contributed by atoms with Crippen molar-refractivity contribution in [1.29, 1.82) is 0 Å². The molecular formula is C27H22N4. The number of benzene rings is 4. The van der Waals surface area contributed by atoms with Gasteiger partial charge in [0, 0.05) is 17.5 Å². The van der Waals surface area contributed by atoms with Gasteiger partial charge in [-0.05, 0) is 35.4 Å². The minimum Gasteiger partial charge on any atom is -0.306 e. The van der Waals surface area contributed by atoms with Crippen LogP contribution in [0.3, 0.4) is 0 Å². The molecule has 4 heteroatoms. The Kier molecular flexibility index (Phi) is 5.13. The minimum atomic E-state index is -0.415. The highest BCUT2D eigenvalue weighted by Gasteiger charge is 2.14. The molecule has 0 amide bonds. The average molecular weight is 403 g/mol. The molecule has 0 saturated carbocycles. The van der Waals surface area contributed by atoms with E-state index in [-0.39, 0.29) is 0 Å². The van der Waals surface area contributed by atoms with Crippen LogP contribution in [0.15, 0.2) is 114 Å². The van der Waals surface area contributed by atoms with E-state index in [1.807, 2.05) is 85.1 Å². The quantitative estimate of drug-likeness (QED) is 0.380. The molecular weight excluding hydrogens is 380 g/mol. The molecule has 150 valence electrons. The van der Waals surface area contributed by atoms with Gasteiger partial charge in [-0.25, -0.2) is 4.98 Å². The molecule has 5 aromatic rings. The summed E-state index contributed by atoms with van der Waals surface area (Å²) < 4.78 is 2.19. The van der Waals surface area contributed by atoms with E-state index in [4.69, 9.17) is 10.7 Å². The molecule has 31 heavy (non-hydrogen) atoms. The van der Waals surface area contributed by atoms with Gasteiger partial charge in [-0.1, -0.05) is 84.9 Å². The summed E-state index contributed by atoms with van der Waals surface area (Å²) in [6.07, 6.45) is 1.40. The molecule has 1 atom stereocenters. The van der Waals surface area contributed by atoms with Crippen molar-refractivity contribution in [2.45, 2.75) is 6.17 Å². The van der Waals surface area contributed by atoms with E-state index >= 15 is 0 Å². The van der Waals surface area contributed by atoms with Gasteiger partial charge in [-0.2, -0.15) is 0 Å². The van der Waals surface area contributed by atoms with Gasteiger partial charge in [0.15, 0.2) is 0 Å². The highest BCUT2D eigenvalue weighted by Crippen LogP contribution is 2.29. The van der Waals surface area contributed by atoms with Crippen LogP contribution in [-0.4, -0.2) is 15.8 Å². The normalized spacial score (nSPS) is 12.4. The van der Waals surface area contributed by atoms with Gasteiger partial charge in [0.25, 0.3) is 0 Å². The third-order valence-electron chi connectivity index (χ3n) is 5.27. The maximum atomic E-state index is 6.30. The molecule has 4 nitrogen and oxygen atoms in total. The molecule has 0 saturated heterocycles. The van der Waals surface area contributed by atoms with E-state index in [2.05, 4.69) is 39.9 Å². The summed E-state index contributed by atoms with van der Waals surface area (Å²) in [4.78, 5) is 9.41. The lowest BCUT2D eigenvalue weighted by atomic mass is 10.1. The van der Waals surface area contributed by atoms with Crippen LogP contribution in [-0.2, 0) is 0 Å². The molecule has 0 bridgehead atoms. The lowest BCUT2D eigenvalue weighted by Crippen LogP contribution is -2.07. The first kappa shape index (κ1) is 19.0. The van der Waals surface area contributed by atoms with E-state index in [0.717, 1.165) is 39.2 Å². The number of nitrogens with zero attached hydrogens (tertiary/aromatic N) is 3. The largest absolute Gasteiger partial charge is 0.306 e. The van der Waals surface area contributed by atoms with Crippen LogP contribution in [0.4, 0.5) is 0 Å². The summed E-state index contributed by atoms with van der Waals surface area (Å²) in [7, 11) is 0. The Bertz CT molecular complexity index is 1320. The molecule has 0 fully saturated rings. The number of nitrogens with two attached hydrogens (primary N) is 1. The number of aliphatic imine (C=N–C) groups is 1. The summed E-state index contributed by atoms with van der Waals surface area (Å²) in [5, 5.41) is 0. The van der Waals surface area contributed by atoms with Crippen molar-refractivity contribution in [3.8, 4) is 17.1 Å². The van der Waals surface area contributed by atoms with Crippen molar-refractivity contribution in [1.82, 2.24) is 9.55 Å². The van der Waals surface area contributed by atoms with E-state index in [1.165, 1.54) is 0 Å². The Morgan fingerprint density at radius 3 is 2.13 bits per heavy atom. The molecule has 1 aromatic heterocycles. The van der Waals surface area contributed by atoms with Crippen molar-refractivity contribution >= 4 is 17.2 Å². The fourth-order valence-corrected chi connectivity index (χ4v) is 3.68. The van der Waals surface area contributed by atoms with Crippen LogP contribution in [0.25, 0.3) is 28.1 Å². The highest BCUT2D eigenvalue weighted by atomic mass is 15.1. The predicted octanol–water partition coefficient (Wildman–Crippen LogP) is 5.77. The average Bonchev–Trinajstić information content (AvgIpc) is 3.23. The maximum Gasteiger partial charge on any atom is 0.145 e. The molecule has 0 aliphatic heterocycles. The number of hydrogen-bond donors (Lipinski definition) is 1. The Morgan fingerprint density at radius 2 is 1.39 bits per heavy atom. The third kappa shape index (κ3) is 3.89. The Balaban J connectivity index is 1.50. The molecule has 0 spiro atoms. The molecule has 0 aliphatic rings. The second-order valence-corrected chi connectivity index (χ2v) is 7.35. The fourth-order valence-electron chi connectivity index (χ4n) is 3.68. The van der Waals surface area contributed by atoms with Gasteiger partial charge >= 0.3 is 0 Å². The molecule has 2 N–H and O–H groups in total. The van der Waals surface area contributed by atoms with E-state index in [1.54, 1.807) is 0 Å². The Morgan fingerprint density at radius 1 is 0.742 bits per heavy atom. The molecule has 1 unspecified atom stereocenters. The van der Waals surface area contributed by atoms with Crippen LogP contribution in [0.1, 0.15) is 17.3 Å². The third-order valence-corrected chi connectivity index (χ3v) is 5.27. The summed E-state index contributed by atoms with van der Waals surface area (Å²) in [5.74, 6) is 0.903. The summed E-state index contributed by atoms with van der Waals surface area (Å²) >= 11 is 0. The molecule has 5 rings (SSSR count). The lowest BCUT2D eigenvalue weighted by molar-refractivity contribution is 0.780. The minimum absolute atomic E-state index is 0.415. The zero-order valence-corrected chi connectivity index (χ0v) is 17.0. The van der Waals surface area contributed by atoms with Crippen LogP contribution >= 0.6 is 0 Å². The summed E-state index contributed by atoms with van der Waals surface area (Å²) in [5.41, 5.74) is 12.4. The first-order valence-corrected chi connectivity index (χ1v) is 10.3. The number of para-hydroxylation sites is 3. The maximum absolute atomic E-state index is 6.30. The van der Waals surface area contributed by atoms with Gasteiger partial charge in [-0.15, -0.1) is 0 Å². The van der Waals surface area contributed by atoms with E-state index < -0.39 is 6.17 Å². The van der Waals surface area contributed by atoms with Crippen LogP contribution in [0.5, 0.6) is 0 Å². The SMILES string of the molecule is NC(/N=C/c1ccccc1)c1ccc(-c2nc3ccccc3n2-c2ccccc2)cc1. The predicted molar refractivity (Wildman–Crippen MR) is 127 cm³/mol. The van der Waals surface area contributed by atoms with Crippen molar-refractivity contribution < 1.29 is 0 Å². The second kappa shape index (κ2) is 8.38. The van der Waals surface area contributed by atoms with Crippen LogP contribution in [0.2, 0.25) is 0 Å². The second-order valence-electron chi connectivity index (χ2n) is 7.35. The van der Waals surface area contributed by atoms with Crippen molar-refractivity contribution in [2.75, 3.05) is 0 Å². The van der Waals surface area contributed by atoms with Crippen LogP contribution < -0.4 is 5.73 Å². The highest BCUT2D eigenvalue weighted by molar-refractivity contribution is 5.83. The number of aromatic nitrogens is 2. The standard InChI is InChI=1S/C27H22N4/c28-26(29-19-20-9-3-1-4-10-20)21-15-17-22(18-16-21)27-30-24-13-7-8-14-25(24)31(27)23-11-5-2-6-12-23/h1-19,26H,28H2/b29-19+. The Labute approximate surface area is 181 Å². The zero-order chi connectivity index (χ0) is 21.0. The topological polar surface area (TPSA) is 56.2 Å². The number of fused-ring (bicyclic) bond motifs is 1. The van der Waals surface area contributed by atoms with Crippen molar-refractivity contribution in [2.24, 2.45) is 10.7 Å². The Hall–Kier alpha value is -4.02. The lowest BCUT2D eigenvalue weighted by Gasteiger charge is -2.11. The van der Waals surface area contributed by atoms with E-state index in [0.29, 0.717) is 0 Å². The number of hydrogen-bond acceptors (Lipinski definition) is 3. The first-order chi connectivity index (χ1) is 15.3. The van der Waals surface area contributed by atoms with Crippen LogP contribution in [0, 0.1) is 0 Å². The van der Waals surface area contributed by atoms with Gasteiger partial charge in [-0.3, -0.25) is 9.56 Å². The molecule has 4 aromatic carbocycles. The van der Waals surface area contributed by atoms with Gasteiger partial charge < -0.3 is 5.73 Å². The van der Waals surface area contributed by atoms with Gasteiger partial charge in [0.05, 0.1) is 11.0 Å². The van der Waals surface area contributed by atoms with E-state index in [9.17, 15) is 0 Å². The molecule has 1 heterocycles. The summed E-state index contributed by atoms with van der Waals surface area (Å²) in [6.45, 7) is 0. The smallest absolute Gasteiger partial charge is 0.145 e. The first-order valence-electron chi connectivity index (χ1n) is 10.3. The summed E-state index contributed by atoms with van der Waals surface area (Å²) in [6, 6.07) is 36.6. The monoisotopic (exact) mass is 402 g/mol. The molecule has 0 radical (unpaired) electrons. The number of rotatable bonds is 5. The van der Waals surface area contributed by atoms with Crippen molar-refractivity contribution in [3.63, 3.8) is 0 Å². The number of imidazole rings is 1. The van der Waals surface area contributed by atoms with Crippen molar-refractivity contribution in [3.05, 3.63) is 120 Å².